The third-order valence-corrected chi connectivity index (χ3v) is 7.06. The molecule has 2 aromatic heterocycles. The number of aryl methyl sites for hydroxylation is 2. The third-order valence-electron chi connectivity index (χ3n) is 6.14. The van der Waals surface area contributed by atoms with Gasteiger partial charge in [-0.2, -0.15) is 0 Å². The SMILES string of the molecule is COc1ccccc1N1CCN(C(=O)c2coc(CSc3nnc(C)n3-c3cccc(C)c3)n2)CC1. The molecule has 0 atom stereocenters. The molecule has 5 rings (SSSR count). The molecule has 0 bridgehead atoms. The molecule has 4 aromatic rings. The fourth-order valence-electron chi connectivity index (χ4n) is 4.31. The summed E-state index contributed by atoms with van der Waals surface area (Å²) < 4.78 is 13.1. The number of methoxy groups -OCH3 is 1. The van der Waals surface area contributed by atoms with Crippen LogP contribution in [-0.4, -0.2) is 63.8 Å². The number of anilines is 1. The molecule has 10 heteroatoms. The van der Waals surface area contributed by atoms with Crippen LogP contribution in [-0.2, 0) is 5.75 Å². The molecule has 36 heavy (non-hydrogen) atoms. The lowest BCUT2D eigenvalue weighted by Crippen LogP contribution is -2.49. The molecular formula is C26H28N6O3S. The van der Waals surface area contributed by atoms with Gasteiger partial charge in [-0.1, -0.05) is 36.0 Å². The van der Waals surface area contributed by atoms with Gasteiger partial charge in [-0.3, -0.25) is 9.36 Å². The molecule has 0 unspecified atom stereocenters. The summed E-state index contributed by atoms with van der Waals surface area (Å²) in [7, 11) is 1.67. The van der Waals surface area contributed by atoms with Crippen LogP contribution < -0.4 is 9.64 Å². The summed E-state index contributed by atoms with van der Waals surface area (Å²) in [5.74, 6) is 2.45. The van der Waals surface area contributed by atoms with Crippen molar-refractivity contribution in [2.45, 2.75) is 24.8 Å². The van der Waals surface area contributed by atoms with Crippen LogP contribution in [0.3, 0.4) is 0 Å². The summed E-state index contributed by atoms with van der Waals surface area (Å²) in [4.78, 5) is 21.6. The molecular weight excluding hydrogens is 476 g/mol. The predicted octanol–water partition coefficient (Wildman–Crippen LogP) is 4.14. The lowest BCUT2D eigenvalue weighted by molar-refractivity contribution is 0.0740. The Kier molecular flexibility index (Phi) is 6.95. The highest BCUT2D eigenvalue weighted by atomic mass is 32.2. The summed E-state index contributed by atoms with van der Waals surface area (Å²) in [6.07, 6.45) is 1.45. The Morgan fingerprint density at radius 1 is 1.06 bits per heavy atom. The summed E-state index contributed by atoms with van der Waals surface area (Å²) in [6.45, 7) is 6.63. The first-order valence-corrected chi connectivity index (χ1v) is 12.8. The largest absolute Gasteiger partial charge is 0.495 e. The van der Waals surface area contributed by atoms with E-state index in [0.717, 1.165) is 46.8 Å². The first-order chi connectivity index (χ1) is 17.5. The van der Waals surface area contributed by atoms with Crippen molar-refractivity contribution in [1.29, 1.82) is 0 Å². The number of nitrogens with zero attached hydrogens (tertiary/aromatic N) is 6. The molecule has 0 saturated carbocycles. The first-order valence-electron chi connectivity index (χ1n) is 11.8. The third kappa shape index (κ3) is 4.94. The lowest BCUT2D eigenvalue weighted by Gasteiger charge is -2.36. The molecule has 1 aliphatic heterocycles. The second-order valence-corrected chi connectivity index (χ2v) is 9.51. The molecule has 0 N–H and O–H groups in total. The molecule has 2 aromatic carbocycles. The van der Waals surface area contributed by atoms with Crippen LogP contribution in [0.2, 0.25) is 0 Å². The summed E-state index contributed by atoms with van der Waals surface area (Å²) in [5.41, 5.74) is 3.54. The van der Waals surface area contributed by atoms with Crippen molar-refractivity contribution in [3.05, 3.63) is 77.8 Å². The van der Waals surface area contributed by atoms with Crippen molar-refractivity contribution in [1.82, 2.24) is 24.6 Å². The van der Waals surface area contributed by atoms with E-state index < -0.39 is 0 Å². The summed E-state index contributed by atoms with van der Waals surface area (Å²) in [6, 6.07) is 16.1. The molecule has 186 valence electrons. The van der Waals surface area contributed by atoms with Gasteiger partial charge in [0.1, 0.15) is 17.8 Å². The maximum atomic E-state index is 13.1. The van der Waals surface area contributed by atoms with Crippen molar-refractivity contribution in [3.63, 3.8) is 0 Å². The van der Waals surface area contributed by atoms with Gasteiger partial charge in [-0.25, -0.2) is 4.98 Å². The molecule has 1 saturated heterocycles. The molecule has 1 aliphatic rings. The van der Waals surface area contributed by atoms with Crippen LogP contribution in [0.5, 0.6) is 5.75 Å². The van der Waals surface area contributed by atoms with Crippen LogP contribution in [0.25, 0.3) is 5.69 Å². The number of oxazole rings is 1. The van der Waals surface area contributed by atoms with Crippen molar-refractivity contribution < 1.29 is 13.9 Å². The van der Waals surface area contributed by atoms with Gasteiger partial charge in [0, 0.05) is 31.9 Å². The number of carbonyl (C=O) groups is 1. The molecule has 0 spiro atoms. The molecule has 3 heterocycles. The van der Waals surface area contributed by atoms with Crippen LogP contribution in [0.1, 0.15) is 27.8 Å². The minimum atomic E-state index is -0.117. The van der Waals surface area contributed by atoms with E-state index in [4.69, 9.17) is 9.15 Å². The average molecular weight is 505 g/mol. The van der Waals surface area contributed by atoms with E-state index in [2.05, 4.69) is 39.1 Å². The van der Waals surface area contributed by atoms with E-state index >= 15 is 0 Å². The highest BCUT2D eigenvalue weighted by Crippen LogP contribution is 2.29. The molecule has 1 amide bonds. The minimum absolute atomic E-state index is 0.117. The van der Waals surface area contributed by atoms with Gasteiger partial charge in [0.25, 0.3) is 5.91 Å². The maximum Gasteiger partial charge on any atom is 0.275 e. The van der Waals surface area contributed by atoms with Gasteiger partial charge in [0.2, 0.25) is 5.89 Å². The second-order valence-electron chi connectivity index (χ2n) is 8.57. The standard InChI is InChI=1S/C26H28N6O3S/c1-18-7-6-8-20(15-18)32-19(2)28-29-26(32)36-17-24-27-21(16-35-24)25(33)31-13-11-30(12-14-31)22-9-4-5-10-23(22)34-3/h4-10,15-16H,11-14,17H2,1-3H3. The average Bonchev–Trinajstić information content (AvgIpc) is 3.53. The number of hydrogen-bond donors (Lipinski definition) is 0. The predicted molar refractivity (Wildman–Crippen MR) is 138 cm³/mol. The Morgan fingerprint density at radius 2 is 1.86 bits per heavy atom. The molecule has 9 nitrogen and oxygen atoms in total. The summed E-state index contributed by atoms with van der Waals surface area (Å²) in [5, 5.41) is 9.30. The van der Waals surface area contributed by atoms with Crippen LogP contribution >= 0.6 is 11.8 Å². The molecule has 0 aliphatic carbocycles. The van der Waals surface area contributed by atoms with Crippen molar-refractivity contribution in [3.8, 4) is 11.4 Å². The number of aromatic nitrogens is 4. The number of rotatable bonds is 7. The Morgan fingerprint density at radius 3 is 2.64 bits per heavy atom. The number of para-hydroxylation sites is 2. The second kappa shape index (κ2) is 10.4. The number of carbonyl (C=O) groups excluding carboxylic acids is 1. The van der Waals surface area contributed by atoms with E-state index in [1.807, 2.05) is 52.8 Å². The minimum Gasteiger partial charge on any atom is -0.495 e. The topological polar surface area (TPSA) is 89.5 Å². The van der Waals surface area contributed by atoms with E-state index in [0.29, 0.717) is 30.4 Å². The van der Waals surface area contributed by atoms with Crippen molar-refractivity contribution in [2.24, 2.45) is 0 Å². The number of hydrogen-bond acceptors (Lipinski definition) is 8. The highest BCUT2D eigenvalue weighted by molar-refractivity contribution is 7.98. The van der Waals surface area contributed by atoms with E-state index in [9.17, 15) is 4.79 Å². The van der Waals surface area contributed by atoms with E-state index in [1.165, 1.54) is 18.0 Å². The summed E-state index contributed by atoms with van der Waals surface area (Å²) >= 11 is 1.47. The Bertz CT molecular complexity index is 1360. The number of amides is 1. The first kappa shape index (κ1) is 23.9. The van der Waals surface area contributed by atoms with Crippen LogP contribution in [0, 0.1) is 13.8 Å². The van der Waals surface area contributed by atoms with Crippen molar-refractivity contribution in [2.75, 3.05) is 38.2 Å². The van der Waals surface area contributed by atoms with Gasteiger partial charge in [0.15, 0.2) is 10.9 Å². The number of ether oxygens (including phenoxy) is 1. The van der Waals surface area contributed by atoms with Crippen molar-refractivity contribution >= 4 is 23.4 Å². The number of thioether (sulfide) groups is 1. The molecule has 1 fully saturated rings. The molecule has 0 radical (unpaired) electrons. The lowest BCUT2D eigenvalue weighted by atomic mass is 10.2. The van der Waals surface area contributed by atoms with Gasteiger partial charge >= 0.3 is 0 Å². The number of benzene rings is 2. The van der Waals surface area contributed by atoms with Gasteiger partial charge in [-0.15, -0.1) is 10.2 Å². The normalized spacial score (nSPS) is 13.8. The Hall–Kier alpha value is -3.79. The zero-order chi connectivity index (χ0) is 25.1. The smallest absolute Gasteiger partial charge is 0.275 e. The van der Waals surface area contributed by atoms with Gasteiger partial charge in [0.05, 0.1) is 18.6 Å². The highest BCUT2D eigenvalue weighted by Gasteiger charge is 2.26. The van der Waals surface area contributed by atoms with Crippen LogP contribution in [0.4, 0.5) is 5.69 Å². The van der Waals surface area contributed by atoms with Gasteiger partial charge in [-0.05, 0) is 43.7 Å². The van der Waals surface area contributed by atoms with Crippen LogP contribution in [0.15, 0.2) is 64.4 Å². The zero-order valence-corrected chi connectivity index (χ0v) is 21.4. The quantitative estimate of drug-likeness (QED) is 0.347. The monoisotopic (exact) mass is 504 g/mol. The maximum absolute atomic E-state index is 13.1. The zero-order valence-electron chi connectivity index (χ0n) is 20.5. The van der Waals surface area contributed by atoms with Gasteiger partial charge < -0.3 is 19.0 Å². The number of piperazine rings is 1. The Balaban J connectivity index is 1.20. The van der Waals surface area contributed by atoms with E-state index in [-0.39, 0.29) is 5.91 Å². The Labute approximate surface area is 214 Å². The van der Waals surface area contributed by atoms with E-state index in [1.54, 1.807) is 7.11 Å². The fourth-order valence-corrected chi connectivity index (χ4v) is 5.16. The fraction of sp³-hybridized carbons (Fsp3) is 0.308.